The van der Waals surface area contributed by atoms with Crippen LogP contribution in [-0.4, -0.2) is 21.3 Å². The van der Waals surface area contributed by atoms with Gasteiger partial charge in [0.2, 0.25) is 0 Å². The SMILES string of the molecule is O=c1nc(SC(c2ccccc2)c2ccccc2)c2c(n1CCCO)CCC2. The van der Waals surface area contributed by atoms with Gasteiger partial charge in [0.05, 0.1) is 5.25 Å². The van der Waals surface area contributed by atoms with Gasteiger partial charge in [-0.3, -0.25) is 4.57 Å². The molecule has 4 rings (SSSR count). The van der Waals surface area contributed by atoms with E-state index in [0.717, 1.165) is 30.0 Å². The number of nitrogens with zero attached hydrogens (tertiary/aromatic N) is 2. The Bertz CT molecular complexity index is 947. The van der Waals surface area contributed by atoms with E-state index in [1.54, 1.807) is 16.3 Å². The van der Waals surface area contributed by atoms with Crippen molar-refractivity contribution in [1.29, 1.82) is 0 Å². The van der Waals surface area contributed by atoms with Crippen molar-refractivity contribution in [2.75, 3.05) is 6.61 Å². The second kappa shape index (κ2) is 8.76. The summed E-state index contributed by atoms with van der Waals surface area (Å²) in [6.07, 6.45) is 3.50. The zero-order valence-electron chi connectivity index (χ0n) is 15.8. The van der Waals surface area contributed by atoms with Crippen LogP contribution in [0.15, 0.2) is 70.5 Å². The standard InChI is InChI=1S/C23H24N2O2S/c26-16-8-15-25-20-14-7-13-19(20)22(24-23(25)27)28-21(17-9-3-1-4-10-17)18-11-5-2-6-12-18/h1-6,9-12,21,26H,7-8,13-16H2. The number of benzene rings is 2. The lowest BCUT2D eigenvalue weighted by Gasteiger charge is -2.20. The van der Waals surface area contributed by atoms with E-state index in [9.17, 15) is 4.79 Å². The Balaban J connectivity index is 1.75. The summed E-state index contributed by atoms with van der Waals surface area (Å²) in [5.74, 6) is 0. The van der Waals surface area contributed by atoms with E-state index in [0.29, 0.717) is 13.0 Å². The average Bonchev–Trinajstić information content (AvgIpc) is 3.23. The molecule has 0 saturated heterocycles. The fourth-order valence-electron chi connectivity index (χ4n) is 3.84. The maximum absolute atomic E-state index is 12.7. The second-order valence-corrected chi connectivity index (χ2v) is 8.12. The minimum absolute atomic E-state index is 0.0851. The van der Waals surface area contributed by atoms with Crippen LogP contribution in [0.5, 0.6) is 0 Å². The van der Waals surface area contributed by atoms with Crippen LogP contribution in [0.4, 0.5) is 0 Å². The molecule has 0 radical (unpaired) electrons. The van der Waals surface area contributed by atoms with E-state index in [4.69, 9.17) is 5.11 Å². The van der Waals surface area contributed by atoms with Crippen LogP contribution in [0, 0.1) is 0 Å². The Kier molecular flexibility index (Phi) is 5.93. The molecule has 1 heterocycles. The van der Waals surface area contributed by atoms with Crippen molar-refractivity contribution in [3.05, 3.63) is 93.5 Å². The fraction of sp³-hybridized carbons (Fsp3) is 0.304. The highest BCUT2D eigenvalue weighted by molar-refractivity contribution is 7.99. The molecule has 0 aliphatic heterocycles. The maximum Gasteiger partial charge on any atom is 0.348 e. The molecule has 0 saturated carbocycles. The summed E-state index contributed by atoms with van der Waals surface area (Å²) in [6.45, 7) is 0.623. The van der Waals surface area contributed by atoms with Crippen molar-refractivity contribution < 1.29 is 5.11 Å². The molecule has 1 N–H and O–H groups in total. The Hall–Kier alpha value is -2.37. The zero-order chi connectivity index (χ0) is 19.3. The highest BCUT2D eigenvalue weighted by atomic mass is 32.2. The predicted octanol–water partition coefficient (Wildman–Crippen LogP) is 4.00. The Morgan fingerprint density at radius 3 is 2.25 bits per heavy atom. The van der Waals surface area contributed by atoms with E-state index in [1.807, 2.05) is 12.1 Å². The first kappa shape index (κ1) is 19.0. The van der Waals surface area contributed by atoms with Gasteiger partial charge in [0.1, 0.15) is 5.03 Å². The van der Waals surface area contributed by atoms with Gasteiger partial charge in [0, 0.05) is 24.4 Å². The average molecular weight is 393 g/mol. The van der Waals surface area contributed by atoms with Crippen LogP contribution in [0.1, 0.15) is 40.5 Å². The predicted molar refractivity (Wildman–Crippen MR) is 113 cm³/mol. The molecule has 1 aromatic heterocycles. The van der Waals surface area contributed by atoms with Crippen LogP contribution in [-0.2, 0) is 19.4 Å². The van der Waals surface area contributed by atoms with Gasteiger partial charge in [-0.15, -0.1) is 0 Å². The summed E-state index contributed by atoms with van der Waals surface area (Å²) in [7, 11) is 0. The van der Waals surface area contributed by atoms with Crippen molar-refractivity contribution in [2.24, 2.45) is 0 Å². The van der Waals surface area contributed by atoms with Crippen LogP contribution in [0.25, 0.3) is 0 Å². The molecule has 2 aromatic carbocycles. The van der Waals surface area contributed by atoms with Gasteiger partial charge < -0.3 is 5.11 Å². The van der Waals surface area contributed by atoms with E-state index in [2.05, 4.69) is 53.5 Å². The number of hydrogen-bond donors (Lipinski definition) is 1. The van der Waals surface area contributed by atoms with Crippen molar-refractivity contribution in [3.63, 3.8) is 0 Å². The van der Waals surface area contributed by atoms with Crippen LogP contribution >= 0.6 is 11.8 Å². The molecule has 5 heteroatoms. The highest BCUT2D eigenvalue weighted by Crippen LogP contribution is 2.42. The van der Waals surface area contributed by atoms with E-state index in [1.165, 1.54) is 16.7 Å². The van der Waals surface area contributed by atoms with Gasteiger partial charge in [-0.1, -0.05) is 72.4 Å². The summed E-state index contributed by atoms with van der Waals surface area (Å²) >= 11 is 1.67. The fourth-order valence-corrected chi connectivity index (χ4v) is 5.14. The molecule has 3 aromatic rings. The van der Waals surface area contributed by atoms with Crippen molar-refractivity contribution >= 4 is 11.8 Å². The molecule has 0 fully saturated rings. The van der Waals surface area contributed by atoms with E-state index in [-0.39, 0.29) is 17.5 Å². The molecule has 28 heavy (non-hydrogen) atoms. The molecule has 1 aliphatic carbocycles. The first-order chi connectivity index (χ1) is 13.8. The maximum atomic E-state index is 12.7. The number of aromatic nitrogens is 2. The van der Waals surface area contributed by atoms with Gasteiger partial charge in [-0.2, -0.15) is 4.98 Å². The minimum Gasteiger partial charge on any atom is -0.396 e. The van der Waals surface area contributed by atoms with Crippen molar-refractivity contribution in [3.8, 4) is 0 Å². The minimum atomic E-state index is -0.198. The summed E-state index contributed by atoms with van der Waals surface area (Å²) in [5, 5.41) is 10.1. The second-order valence-electron chi connectivity index (χ2n) is 7.03. The lowest BCUT2D eigenvalue weighted by Crippen LogP contribution is -2.27. The van der Waals surface area contributed by atoms with Crippen LogP contribution in [0.3, 0.4) is 0 Å². The smallest absolute Gasteiger partial charge is 0.348 e. The molecule has 4 nitrogen and oxygen atoms in total. The van der Waals surface area contributed by atoms with Gasteiger partial charge in [0.15, 0.2) is 0 Å². The Morgan fingerprint density at radius 2 is 1.64 bits per heavy atom. The van der Waals surface area contributed by atoms with Gasteiger partial charge in [-0.25, -0.2) is 4.79 Å². The molecule has 0 bridgehead atoms. The topological polar surface area (TPSA) is 55.1 Å². The molecular formula is C23H24N2O2S. The van der Waals surface area contributed by atoms with E-state index >= 15 is 0 Å². The van der Waals surface area contributed by atoms with Crippen molar-refractivity contribution in [1.82, 2.24) is 9.55 Å². The lowest BCUT2D eigenvalue weighted by molar-refractivity contribution is 0.277. The molecule has 0 unspecified atom stereocenters. The molecule has 144 valence electrons. The third-order valence-corrected chi connectivity index (χ3v) is 6.52. The third-order valence-electron chi connectivity index (χ3n) is 5.17. The van der Waals surface area contributed by atoms with Gasteiger partial charge in [0.25, 0.3) is 0 Å². The number of hydrogen-bond acceptors (Lipinski definition) is 4. The molecule has 0 amide bonds. The Labute approximate surface area is 169 Å². The largest absolute Gasteiger partial charge is 0.396 e. The van der Waals surface area contributed by atoms with Gasteiger partial charge in [-0.05, 0) is 36.8 Å². The number of thioether (sulfide) groups is 1. The number of fused-ring (bicyclic) bond motifs is 1. The monoisotopic (exact) mass is 392 g/mol. The first-order valence-corrected chi connectivity index (χ1v) is 10.7. The summed E-state index contributed by atoms with van der Waals surface area (Å²) in [6, 6.07) is 20.8. The normalized spacial score (nSPS) is 13.1. The number of aliphatic hydroxyl groups is 1. The van der Waals surface area contributed by atoms with Crippen LogP contribution in [0.2, 0.25) is 0 Å². The lowest BCUT2D eigenvalue weighted by atomic mass is 10.0. The first-order valence-electron chi connectivity index (χ1n) is 9.78. The zero-order valence-corrected chi connectivity index (χ0v) is 16.6. The van der Waals surface area contributed by atoms with Crippen molar-refractivity contribution in [2.45, 2.75) is 42.5 Å². The summed E-state index contributed by atoms with van der Waals surface area (Å²) < 4.78 is 1.77. The molecule has 0 atom stereocenters. The highest BCUT2D eigenvalue weighted by Gasteiger charge is 2.25. The van der Waals surface area contributed by atoms with E-state index < -0.39 is 0 Å². The Morgan fingerprint density at radius 1 is 1.00 bits per heavy atom. The number of rotatable bonds is 7. The summed E-state index contributed by atoms with van der Waals surface area (Å²) in [5.41, 5.74) is 4.53. The quantitative estimate of drug-likeness (QED) is 0.488. The van der Waals surface area contributed by atoms with Crippen LogP contribution < -0.4 is 5.69 Å². The molecule has 1 aliphatic rings. The number of aliphatic hydroxyl groups excluding tert-OH is 1. The third kappa shape index (κ3) is 3.91. The molecular weight excluding hydrogens is 368 g/mol. The van der Waals surface area contributed by atoms with Gasteiger partial charge >= 0.3 is 5.69 Å². The molecule has 0 spiro atoms. The summed E-state index contributed by atoms with van der Waals surface area (Å²) in [4.78, 5) is 17.2.